The molecule has 0 aromatic heterocycles. The minimum Gasteiger partial charge on any atom is -0.330 e. The van der Waals surface area contributed by atoms with Gasteiger partial charge in [-0.25, -0.2) is 4.39 Å². The summed E-state index contributed by atoms with van der Waals surface area (Å²) in [5.74, 6) is -0.540. The Bertz CT molecular complexity index is 267. The molecule has 2 nitrogen and oxygen atoms in total. The van der Waals surface area contributed by atoms with Crippen molar-refractivity contribution in [3.8, 4) is 0 Å². The molecule has 4 heteroatoms. The van der Waals surface area contributed by atoms with Gasteiger partial charge in [0.15, 0.2) is 0 Å². The summed E-state index contributed by atoms with van der Waals surface area (Å²) < 4.78 is 13.3. The second-order valence-electron chi connectivity index (χ2n) is 2.80. The van der Waals surface area contributed by atoms with Gasteiger partial charge in [0, 0.05) is 29.6 Å². The van der Waals surface area contributed by atoms with E-state index in [0.29, 0.717) is 23.7 Å². The first-order valence-corrected chi connectivity index (χ1v) is 4.42. The van der Waals surface area contributed by atoms with E-state index in [2.05, 4.69) is 0 Å². The Morgan fingerprint density at radius 3 is 2.38 bits per heavy atom. The van der Waals surface area contributed by atoms with Crippen LogP contribution < -0.4 is 11.5 Å². The van der Waals surface area contributed by atoms with Crippen LogP contribution in [0.15, 0.2) is 18.2 Å². The highest BCUT2D eigenvalue weighted by atomic mass is 35.5. The summed E-state index contributed by atoms with van der Waals surface area (Å²) in [4.78, 5) is 0. The zero-order valence-electron chi connectivity index (χ0n) is 7.13. The fourth-order valence-corrected chi connectivity index (χ4v) is 1.55. The number of rotatable bonds is 3. The van der Waals surface area contributed by atoms with Crippen LogP contribution >= 0.6 is 11.6 Å². The van der Waals surface area contributed by atoms with Gasteiger partial charge in [-0.3, -0.25) is 0 Å². The van der Waals surface area contributed by atoms with Gasteiger partial charge in [-0.1, -0.05) is 17.7 Å². The van der Waals surface area contributed by atoms with Gasteiger partial charge in [0.2, 0.25) is 0 Å². The monoisotopic (exact) mass is 202 g/mol. The standard InChI is InChI=1S/C9H12ClFN2/c10-7-2-1-3-8(11)9(7)6(4-12)5-13/h1-3,6H,4-5,12-13H2. The normalized spacial score (nSPS) is 10.8. The van der Waals surface area contributed by atoms with Crippen LogP contribution in [0.3, 0.4) is 0 Å². The number of hydrogen-bond donors (Lipinski definition) is 2. The molecule has 0 spiro atoms. The summed E-state index contributed by atoms with van der Waals surface area (Å²) in [5, 5.41) is 0.390. The van der Waals surface area contributed by atoms with Crippen molar-refractivity contribution < 1.29 is 4.39 Å². The van der Waals surface area contributed by atoms with Gasteiger partial charge in [-0.05, 0) is 12.1 Å². The first-order valence-electron chi connectivity index (χ1n) is 4.04. The largest absolute Gasteiger partial charge is 0.330 e. The molecule has 0 aliphatic heterocycles. The highest BCUT2D eigenvalue weighted by Gasteiger charge is 2.15. The molecule has 1 rings (SSSR count). The van der Waals surface area contributed by atoms with Crippen LogP contribution in [0.4, 0.5) is 4.39 Å². The van der Waals surface area contributed by atoms with Gasteiger partial charge in [0.1, 0.15) is 5.82 Å². The van der Waals surface area contributed by atoms with Crippen molar-refractivity contribution in [2.45, 2.75) is 5.92 Å². The highest BCUT2D eigenvalue weighted by molar-refractivity contribution is 6.31. The molecule has 0 atom stereocenters. The van der Waals surface area contributed by atoms with E-state index in [-0.39, 0.29) is 11.7 Å². The van der Waals surface area contributed by atoms with Crippen molar-refractivity contribution in [2.24, 2.45) is 11.5 Å². The summed E-state index contributed by atoms with van der Waals surface area (Å²) in [6.45, 7) is 0.605. The molecular weight excluding hydrogens is 191 g/mol. The first kappa shape index (κ1) is 10.4. The van der Waals surface area contributed by atoms with E-state index in [1.54, 1.807) is 12.1 Å². The van der Waals surface area contributed by atoms with E-state index in [1.807, 2.05) is 0 Å². The molecule has 0 fully saturated rings. The summed E-state index contributed by atoms with van der Waals surface area (Å²) in [6, 6.07) is 4.56. The average Bonchev–Trinajstić information content (AvgIpc) is 2.11. The molecule has 0 amide bonds. The van der Waals surface area contributed by atoms with E-state index in [9.17, 15) is 4.39 Å². The lowest BCUT2D eigenvalue weighted by molar-refractivity contribution is 0.580. The van der Waals surface area contributed by atoms with Gasteiger partial charge in [0.05, 0.1) is 0 Å². The third-order valence-electron chi connectivity index (χ3n) is 1.98. The van der Waals surface area contributed by atoms with Crippen LogP contribution in [0.5, 0.6) is 0 Å². The first-order chi connectivity index (χ1) is 6.20. The van der Waals surface area contributed by atoms with Gasteiger partial charge >= 0.3 is 0 Å². The maximum atomic E-state index is 13.3. The summed E-state index contributed by atoms with van der Waals surface area (Å²) in [6.07, 6.45) is 0. The van der Waals surface area contributed by atoms with Crippen molar-refractivity contribution in [1.29, 1.82) is 0 Å². The van der Waals surface area contributed by atoms with Crippen LogP contribution in [0.2, 0.25) is 5.02 Å². The SMILES string of the molecule is NCC(CN)c1c(F)cccc1Cl. The topological polar surface area (TPSA) is 52.0 Å². The Hall–Kier alpha value is -0.640. The fourth-order valence-electron chi connectivity index (χ4n) is 1.23. The average molecular weight is 203 g/mol. The zero-order chi connectivity index (χ0) is 9.84. The second-order valence-corrected chi connectivity index (χ2v) is 3.21. The quantitative estimate of drug-likeness (QED) is 0.780. The number of halogens is 2. The summed E-state index contributed by atoms with van der Waals surface area (Å²) in [7, 11) is 0. The van der Waals surface area contributed by atoms with Crippen molar-refractivity contribution in [1.82, 2.24) is 0 Å². The number of nitrogens with two attached hydrogens (primary N) is 2. The van der Waals surface area contributed by atoms with E-state index >= 15 is 0 Å². The van der Waals surface area contributed by atoms with Gasteiger partial charge in [0.25, 0.3) is 0 Å². The molecule has 72 valence electrons. The molecule has 13 heavy (non-hydrogen) atoms. The molecule has 1 aromatic rings. The molecule has 1 aromatic carbocycles. The maximum absolute atomic E-state index is 13.3. The van der Waals surface area contributed by atoms with Crippen molar-refractivity contribution >= 4 is 11.6 Å². The van der Waals surface area contributed by atoms with Crippen molar-refractivity contribution in [2.75, 3.05) is 13.1 Å². The minimum absolute atomic E-state index is 0.200. The highest BCUT2D eigenvalue weighted by Crippen LogP contribution is 2.25. The van der Waals surface area contributed by atoms with Crippen molar-refractivity contribution in [3.05, 3.63) is 34.6 Å². The van der Waals surface area contributed by atoms with Crippen LogP contribution in [0.25, 0.3) is 0 Å². The van der Waals surface area contributed by atoms with Gasteiger partial charge in [-0.15, -0.1) is 0 Å². The van der Waals surface area contributed by atoms with E-state index in [0.717, 1.165) is 0 Å². The Morgan fingerprint density at radius 2 is 1.92 bits per heavy atom. The Morgan fingerprint density at radius 1 is 1.31 bits per heavy atom. The lowest BCUT2D eigenvalue weighted by Gasteiger charge is -2.14. The number of benzene rings is 1. The molecule has 0 radical (unpaired) electrons. The van der Waals surface area contributed by atoms with Crippen molar-refractivity contribution in [3.63, 3.8) is 0 Å². The molecule has 0 saturated heterocycles. The Kier molecular flexibility index (Phi) is 3.66. The van der Waals surface area contributed by atoms with E-state index < -0.39 is 0 Å². The predicted molar refractivity (Wildman–Crippen MR) is 52.3 cm³/mol. The molecule has 0 heterocycles. The van der Waals surface area contributed by atoms with E-state index in [1.165, 1.54) is 6.07 Å². The smallest absolute Gasteiger partial charge is 0.128 e. The Balaban J connectivity index is 3.10. The molecule has 0 saturated carbocycles. The molecule has 0 aliphatic carbocycles. The maximum Gasteiger partial charge on any atom is 0.128 e. The van der Waals surface area contributed by atoms with Crippen LogP contribution in [-0.4, -0.2) is 13.1 Å². The third kappa shape index (κ3) is 2.18. The third-order valence-corrected chi connectivity index (χ3v) is 2.31. The van der Waals surface area contributed by atoms with Crippen LogP contribution in [0, 0.1) is 5.82 Å². The molecular formula is C9H12ClFN2. The summed E-state index contributed by atoms with van der Waals surface area (Å²) in [5.41, 5.74) is 11.3. The van der Waals surface area contributed by atoms with Gasteiger partial charge in [-0.2, -0.15) is 0 Å². The Labute approximate surface area is 81.7 Å². The van der Waals surface area contributed by atoms with Crippen LogP contribution in [-0.2, 0) is 0 Å². The molecule has 0 aliphatic rings. The number of hydrogen-bond acceptors (Lipinski definition) is 2. The predicted octanol–water partition coefficient (Wildman–Crippen LogP) is 1.48. The summed E-state index contributed by atoms with van der Waals surface area (Å²) >= 11 is 5.83. The van der Waals surface area contributed by atoms with Crippen LogP contribution in [0.1, 0.15) is 11.5 Å². The van der Waals surface area contributed by atoms with Gasteiger partial charge < -0.3 is 11.5 Å². The molecule has 0 unspecified atom stereocenters. The molecule has 0 bridgehead atoms. The fraction of sp³-hybridized carbons (Fsp3) is 0.333. The van der Waals surface area contributed by atoms with E-state index in [4.69, 9.17) is 23.1 Å². The second kappa shape index (κ2) is 4.56. The lowest BCUT2D eigenvalue weighted by Crippen LogP contribution is -2.22. The molecule has 4 N–H and O–H groups in total. The lowest BCUT2D eigenvalue weighted by atomic mass is 9.99. The minimum atomic E-state index is -0.339. The zero-order valence-corrected chi connectivity index (χ0v) is 7.89.